The highest BCUT2D eigenvalue weighted by molar-refractivity contribution is 7.09. The number of nitrogens with one attached hydrogen (secondary N) is 1. The smallest absolute Gasteiger partial charge is 0.222 e. The molecule has 4 nitrogen and oxygen atoms in total. The summed E-state index contributed by atoms with van der Waals surface area (Å²) in [5.41, 5.74) is 0.976. The van der Waals surface area contributed by atoms with Crippen LogP contribution < -0.4 is 5.32 Å². The van der Waals surface area contributed by atoms with Crippen molar-refractivity contribution in [1.29, 1.82) is 0 Å². The number of hydrogen-bond acceptors (Lipinski definition) is 3. The molecular formula is C12H15N3OS. The molecule has 2 aromatic heterocycles. The minimum Gasteiger partial charge on any atom is -0.351 e. The second-order valence-electron chi connectivity index (χ2n) is 3.83. The van der Waals surface area contributed by atoms with Crippen LogP contribution in [-0.2, 0) is 17.9 Å². The van der Waals surface area contributed by atoms with Crippen molar-refractivity contribution < 1.29 is 4.79 Å². The summed E-state index contributed by atoms with van der Waals surface area (Å²) < 4.78 is 1.79. The highest BCUT2D eigenvalue weighted by Crippen LogP contribution is 2.07. The molecule has 1 N–H and O–H groups in total. The molecule has 0 fully saturated rings. The van der Waals surface area contributed by atoms with Crippen LogP contribution in [0.3, 0.4) is 0 Å². The van der Waals surface area contributed by atoms with Gasteiger partial charge in [0, 0.05) is 24.0 Å². The average Bonchev–Trinajstić information content (AvgIpc) is 2.95. The van der Waals surface area contributed by atoms with Gasteiger partial charge in [0.2, 0.25) is 5.91 Å². The van der Waals surface area contributed by atoms with Gasteiger partial charge in [0.1, 0.15) is 0 Å². The van der Waals surface area contributed by atoms with Crippen molar-refractivity contribution in [2.45, 2.75) is 26.4 Å². The Labute approximate surface area is 104 Å². The molecule has 0 aliphatic carbocycles. The van der Waals surface area contributed by atoms with E-state index >= 15 is 0 Å². The van der Waals surface area contributed by atoms with Crippen molar-refractivity contribution in [1.82, 2.24) is 15.1 Å². The van der Waals surface area contributed by atoms with Crippen molar-refractivity contribution in [3.8, 4) is 0 Å². The van der Waals surface area contributed by atoms with Crippen molar-refractivity contribution in [3.63, 3.8) is 0 Å². The molecule has 0 unspecified atom stereocenters. The molecule has 0 aliphatic rings. The first-order chi connectivity index (χ1) is 8.24. The number of rotatable bonds is 5. The van der Waals surface area contributed by atoms with Gasteiger partial charge in [-0.05, 0) is 24.4 Å². The zero-order valence-corrected chi connectivity index (χ0v) is 10.5. The van der Waals surface area contributed by atoms with Gasteiger partial charge < -0.3 is 5.32 Å². The van der Waals surface area contributed by atoms with Crippen LogP contribution in [0, 0.1) is 6.92 Å². The topological polar surface area (TPSA) is 46.9 Å². The quantitative estimate of drug-likeness (QED) is 0.880. The third kappa shape index (κ3) is 3.71. The van der Waals surface area contributed by atoms with Crippen LogP contribution in [0.2, 0.25) is 0 Å². The van der Waals surface area contributed by atoms with E-state index in [1.165, 1.54) is 4.88 Å². The van der Waals surface area contributed by atoms with E-state index in [9.17, 15) is 4.79 Å². The van der Waals surface area contributed by atoms with Crippen LogP contribution in [0.4, 0.5) is 0 Å². The summed E-state index contributed by atoms with van der Waals surface area (Å²) in [7, 11) is 0. The van der Waals surface area contributed by atoms with Gasteiger partial charge in [-0.25, -0.2) is 0 Å². The van der Waals surface area contributed by atoms with E-state index in [1.54, 1.807) is 16.0 Å². The molecule has 0 spiro atoms. The molecule has 1 amide bonds. The fourth-order valence-corrected chi connectivity index (χ4v) is 2.14. The Morgan fingerprint density at radius 2 is 2.41 bits per heavy atom. The Morgan fingerprint density at radius 3 is 3.06 bits per heavy atom. The normalized spacial score (nSPS) is 10.4. The predicted octanol–water partition coefficient (Wildman–Crippen LogP) is 1.96. The maximum Gasteiger partial charge on any atom is 0.222 e. The average molecular weight is 249 g/mol. The number of thiophene rings is 1. The fraction of sp³-hybridized carbons (Fsp3) is 0.333. The highest BCUT2D eigenvalue weighted by atomic mass is 32.1. The van der Waals surface area contributed by atoms with Gasteiger partial charge in [0.05, 0.1) is 12.2 Å². The summed E-state index contributed by atoms with van der Waals surface area (Å²) in [5, 5.41) is 9.13. The summed E-state index contributed by atoms with van der Waals surface area (Å²) in [4.78, 5) is 12.7. The molecule has 17 heavy (non-hydrogen) atoms. The van der Waals surface area contributed by atoms with Crippen molar-refractivity contribution >= 4 is 17.2 Å². The number of carbonyl (C=O) groups is 1. The van der Waals surface area contributed by atoms with Gasteiger partial charge in [-0.3, -0.25) is 9.48 Å². The largest absolute Gasteiger partial charge is 0.351 e. The molecule has 0 atom stereocenters. The maximum absolute atomic E-state index is 11.6. The maximum atomic E-state index is 11.6. The minimum absolute atomic E-state index is 0.0616. The number of aryl methyl sites for hydroxylation is 2. The van der Waals surface area contributed by atoms with Crippen LogP contribution in [0.25, 0.3) is 0 Å². The van der Waals surface area contributed by atoms with Gasteiger partial charge in [-0.2, -0.15) is 5.10 Å². The van der Waals surface area contributed by atoms with Crippen LogP contribution in [0.1, 0.15) is 17.0 Å². The second-order valence-corrected chi connectivity index (χ2v) is 4.86. The summed E-state index contributed by atoms with van der Waals surface area (Å²) in [6.45, 7) is 3.19. The van der Waals surface area contributed by atoms with E-state index < -0.39 is 0 Å². The van der Waals surface area contributed by atoms with Gasteiger partial charge in [0.25, 0.3) is 0 Å². The predicted molar refractivity (Wildman–Crippen MR) is 67.7 cm³/mol. The van der Waals surface area contributed by atoms with Crippen LogP contribution in [-0.4, -0.2) is 15.7 Å². The van der Waals surface area contributed by atoms with E-state index in [4.69, 9.17) is 0 Å². The lowest BCUT2D eigenvalue weighted by Gasteiger charge is -2.03. The first-order valence-electron chi connectivity index (χ1n) is 5.53. The first-order valence-corrected chi connectivity index (χ1v) is 6.41. The van der Waals surface area contributed by atoms with Crippen LogP contribution >= 0.6 is 11.3 Å². The molecule has 0 aromatic carbocycles. The van der Waals surface area contributed by atoms with E-state index in [0.29, 0.717) is 19.5 Å². The molecular weight excluding hydrogens is 234 g/mol. The summed E-state index contributed by atoms with van der Waals surface area (Å²) in [6, 6.07) is 5.93. The Morgan fingerprint density at radius 1 is 1.53 bits per heavy atom. The molecule has 5 heteroatoms. The van der Waals surface area contributed by atoms with E-state index in [1.807, 2.05) is 36.7 Å². The molecule has 0 saturated carbocycles. The van der Waals surface area contributed by atoms with Gasteiger partial charge in [-0.1, -0.05) is 6.07 Å². The Bertz CT molecular complexity index is 476. The molecule has 2 heterocycles. The number of carbonyl (C=O) groups excluding carboxylic acids is 1. The molecule has 0 saturated heterocycles. The van der Waals surface area contributed by atoms with E-state index in [0.717, 1.165) is 5.69 Å². The monoisotopic (exact) mass is 249 g/mol. The molecule has 0 aliphatic heterocycles. The van der Waals surface area contributed by atoms with Gasteiger partial charge in [0.15, 0.2) is 0 Å². The molecule has 0 bridgehead atoms. The molecule has 2 rings (SSSR count). The summed E-state index contributed by atoms with van der Waals surface area (Å²) in [6.07, 6.45) is 2.36. The molecule has 0 radical (unpaired) electrons. The lowest BCUT2D eigenvalue weighted by atomic mass is 10.4. The fourth-order valence-electron chi connectivity index (χ4n) is 1.49. The molecule has 90 valence electrons. The zero-order valence-electron chi connectivity index (χ0n) is 9.72. The standard InChI is InChI=1S/C12H15N3OS/c1-10-4-6-15(14-10)7-5-12(16)13-9-11-3-2-8-17-11/h2-4,6,8H,5,7,9H2,1H3,(H,13,16). The Kier molecular flexibility index (Phi) is 3.93. The van der Waals surface area contributed by atoms with Gasteiger partial charge in [-0.15, -0.1) is 11.3 Å². The third-order valence-corrected chi connectivity index (χ3v) is 3.26. The zero-order chi connectivity index (χ0) is 12.1. The van der Waals surface area contributed by atoms with E-state index in [2.05, 4.69) is 10.4 Å². The van der Waals surface area contributed by atoms with Gasteiger partial charge >= 0.3 is 0 Å². The first kappa shape index (κ1) is 11.9. The number of nitrogens with zero attached hydrogens (tertiary/aromatic N) is 2. The summed E-state index contributed by atoms with van der Waals surface area (Å²) >= 11 is 1.65. The Balaban J connectivity index is 1.71. The number of aromatic nitrogens is 2. The number of amides is 1. The lowest BCUT2D eigenvalue weighted by Crippen LogP contribution is -2.23. The number of hydrogen-bond donors (Lipinski definition) is 1. The van der Waals surface area contributed by atoms with Crippen molar-refractivity contribution in [2.75, 3.05) is 0 Å². The van der Waals surface area contributed by atoms with E-state index in [-0.39, 0.29) is 5.91 Å². The molecule has 2 aromatic rings. The minimum atomic E-state index is 0.0616. The highest BCUT2D eigenvalue weighted by Gasteiger charge is 2.02. The third-order valence-electron chi connectivity index (χ3n) is 2.38. The van der Waals surface area contributed by atoms with Crippen molar-refractivity contribution in [3.05, 3.63) is 40.3 Å². The Hall–Kier alpha value is -1.62. The summed E-state index contributed by atoms with van der Waals surface area (Å²) in [5.74, 6) is 0.0616. The lowest BCUT2D eigenvalue weighted by molar-refractivity contribution is -0.121. The van der Waals surface area contributed by atoms with Crippen molar-refractivity contribution in [2.24, 2.45) is 0 Å². The van der Waals surface area contributed by atoms with Crippen LogP contribution in [0.5, 0.6) is 0 Å². The second kappa shape index (κ2) is 5.63. The van der Waals surface area contributed by atoms with Crippen LogP contribution in [0.15, 0.2) is 29.8 Å². The SMILES string of the molecule is Cc1ccn(CCC(=O)NCc2cccs2)n1.